The largest absolute Gasteiger partial charge is 0.465 e. The number of hydrogen-bond acceptors (Lipinski definition) is 6. The molecule has 0 fully saturated rings. The van der Waals surface area contributed by atoms with Crippen LogP contribution in [0.4, 0.5) is 16.5 Å². The molecule has 0 radical (unpaired) electrons. The van der Waals surface area contributed by atoms with E-state index in [2.05, 4.69) is 10.3 Å². The minimum absolute atomic E-state index is 0.281. The number of aryl methyl sites for hydroxylation is 2. The molecular formula is C13H14ClN3O2S. The molecule has 3 N–H and O–H groups in total. The first-order chi connectivity index (χ1) is 9.42. The van der Waals surface area contributed by atoms with E-state index in [1.165, 1.54) is 24.5 Å². The van der Waals surface area contributed by atoms with E-state index in [9.17, 15) is 4.79 Å². The summed E-state index contributed by atoms with van der Waals surface area (Å²) in [5.41, 5.74) is 7.77. The summed E-state index contributed by atoms with van der Waals surface area (Å²) in [5, 5.41) is 4.07. The number of carbonyl (C=O) groups is 1. The van der Waals surface area contributed by atoms with Gasteiger partial charge in [-0.25, -0.2) is 9.78 Å². The first-order valence-corrected chi connectivity index (χ1v) is 7.00. The fourth-order valence-electron chi connectivity index (χ4n) is 1.66. The highest BCUT2D eigenvalue weighted by atomic mass is 35.5. The van der Waals surface area contributed by atoms with Crippen molar-refractivity contribution in [2.75, 3.05) is 18.2 Å². The highest BCUT2D eigenvalue weighted by Gasteiger charge is 2.17. The van der Waals surface area contributed by atoms with E-state index in [0.29, 0.717) is 21.5 Å². The molecule has 0 saturated carbocycles. The molecule has 1 aromatic carbocycles. The lowest BCUT2D eigenvalue weighted by Crippen LogP contribution is -2.07. The lowest BCUT2D eigenvalue weighted by atomic mass is 10.1. The van der Waals surface area contributed by atoms with Crippen molar-refractivity contribution >= 4 is 45.4 Å². The van der Waals surface area contributed by atoms with Gasteiger partial charge in [0.15, 0.2) is 5.13 Å². The normalized spacial score (nSPS) is 10.4. The molecule has 0 aliphatic carbocycles. The number of methoxy groups -OCH3 is 1. The third-order valence-corrected chi connectivity index (χ3v) is 4.06. The maximum atomic E-state index is 11.8. The van der Waals surface area contributed by atoms with Gasteiger partial charge in [0, 0.05) is 10.6 Å². The minimum atomic E-state index is -0.508. The molecule has 20 heavy (non-hydrogen) atoms. The van der Waals surface area contributed by atoms with Gasteiger partial charge in [0.05, 0.1) is 29.1 Å². The predicted molar refractivity (Wildman–Crippen MR) is 82.1 cm³/mol. The Kier molecular flexibility index (Phi) is 4.15. The molecule has 1 aromatic heterocycles. The van der Waals surface area contributed by atoms with Crippen LogP contribution < -0.4 is 11.1 Å². The van der Waals surface area contributed by atoms with Crippen LogP contribution in [0.2, 0.25) is 5.02 Å². The van der Waals surface area contributed by atoms with Crippen molar-refractivity contribution < 1.29 is 9.53 Å². The Labute approximate surface area is 125 Å². The highest BCUT2D eigenvalue weighted by Crippen LogP contribution is 2.34. The Morgan fingerprint density at radius 1 is 1.45 bits per heavy atom. The number of benzene rings is 1. The number of carbonyl (C=O) groups excluding carboxylic acids is 1. The zero-order valence-electron chi connectivity index (χ0n) is 11.3. The summed E-state index contributed by atoms with van der Waals surface area (Å²) in [6.07, 6.45) is 0. The molecular weight excluding hydrogens is 298 g/mol. The molecule has 0 saturated heterocycles. The van der Waals surface area contributed by atoms with E-state index in [1.807, 2.05) is 13.8 Å². The number of thiazole rings is 1. The molecule has 5 nitrogen and oxygen atoms in total. The first-order valence-electron chi connectivity index (χ1n) is 5.80. The summed E-state index contributed by atoms with van der Waals surface area (Å²) >= 11 is 7.64. The number of nitrogen functional groups attached to an aromatic ring is 1. The van der Waals surface area contributed by atoms with Gasteiger partial charge in [-0.2, -0.15) is 0 Å². The fraction of sp³-hybridized carbons (Fsp3) is 0.231. The second kappa shape index (κ2) is 5.68. The van der Waals surface area contributed by atoms with Gasteiger partial charge < -0.3 is 15.8 Å². The number of anilines is 3. The number of nitrogens with two attached hydrogens (primary N) is 1. The van der Waals surface area contributed by atoms with Crippen LogP contribution in [-0.2, 0) is 4.74 Å². The van der Waals surface area contributed by atoms with Crippen LogP contribution in [0.1, 0.15) is 20.9 Å². The number of esters is 1. The highest BCUT2D eigenvalue weighted by molar-refractivity contribution is 7.15. The third-order valence-electron chi connectivity index (χ3n) is 2.78. The maximum Gasteiger partial charge on any atom is 0.340 e. The number of halogens is 1. The Morgan fingerprint density at radius 3 is 2.70 bits per heavy atom. The van der Waals surface area contributed by atoms with E-state index in [1.54, 1.807) is 6.07 Å². The van der Waals surface area contributed by atoms with Crippen LogP contribution in [0.3, 0.4) is 0 Å². The number of aromatic nitrogens is 1. The van der Waals surface area contributed by atoms with Crippen molar-refractivity contribution in [1.82, 2.24) is 4.98 Å². The molecule has 2 rings (SSSR count). The van der Waals surface area contributed by atoms with Gasteiger partial charge in [0.1, 0.15) is 0 Å². The Balaban J connectivity index is 2.47. The van der Waals surface area contributed by atoms with Crippen molar-refractivity contribution in [1.29, 1.82) is 0 Å². The van der Waals surface area contributed by atoms with Crippen LogP contribution in [0, 0.1) is 13.8 Å². The van der Waals surface area contributed by atoms with Gasteiger partial charge in [0.2, 0.25) is 0 Å². The van der Waals surface area contributed by atoms with E-state index in [0.717, 1.165) is 10.6 Å². The SMILES string of the molecule is COC(=O)c1cc(N)cc(Cl)c1Nc1nc(C)c(C)s1. The molecule has 7 heteroatoms. The standard InChI is InChI=1S/C13H14ClN3O2S/c1-6-7(2)20-13(16-6)17-11-9(12(18)19-3)4-8(15)5-10(11)14/h4-5H,15H2,1-3H3,(H,16,17). The van der Waals surface area contributed by atoms with Crippen LogP contribution in [0.15, 0.2) is 12.1 Å². The van der Waals surface area contributed by atoms with Crippen molar-refractivity contribution in [3.05, 3.63) is 33.3 Å². The number of nitrogens with one attached hydrogen (secondary N) is 1. The maximum absolute atomic E-state index is 11.8. The van der Waals surface area contributed by atoms with E-state index in [4.69, 9.17) is 22.1 Å². The third kappa shape index (κ3) is 2.86. The summed E-state index contributed by atoms with van der Waals surface area (Å²) in [5.74, 6) is -0.508. The predicted octanol–water partition coefficient (Wildman–Crippen LogP) is 3.53. The Hall–Kier alpha value is -1.79. The average Bonchev–Trinajstić information content (AvgIpc) is 2.70. The van der Waals surface area contributed by atoms with Gasteiger partial charge in [-0.15, -0.1) is 11.3 Å². The second-order valence-electron chi connectivity index (χ2n) is 4.20. The lowest BCUT2D eigenvalue weighted by molar-refractivity contribution is 0.0602. The molecule has 0 bridgehead atoms. The van der Waals surface area contributed by atoms with Crippen molar-refractivity contribution in [2.24, 2.45) is 0 Å². The molecule has 0 spiro atoms. The Morgan fingerprint density at radius 2 is 2.15 bits per heavy atom. The molecule has 0 aliphatic rings. The van der Waals surface area contributed by atoms with Gasteiger partial charge in [0.25, 0.3) is 0 Å². The molecule has 0 atom stereocenters. The van der Waals surface area contributed by atoms with Crippen LogP contribution in [0.25, 0.3) is 0 Å². The monoisotopic (exact) mass is 311 g/mol. The van der Waals surface area contributed by atoms with Gasteiger partial charge in [-0.1, -0.05) is 11.6 Å². The fourth-order valence-corrected chi connectivity index (χ4v) is 2.75. The zero-order valence-corrected chi connectivity index (χ0v) is 12.9. The summed E-state index contributed by atoms with van der Waals surface area (Å²) in [6, 6.07) is 3.09. The summed E-state index contributed by atoms with van der Waals surface area (Å²) in [4.78, 5) is 17.3. The number of hydrogen-bond donors (Lipinski definition) is 2. The van der Waals surface area contributed by atoms with Gasteiger partial charge in [-0.05, 0) is 26.0 Å². The summed E-state index contributed by atoms with van der Waals surface area (Å²) in [7, 11) is 1.31. The van der Waals surface area contributed by atoms with E-state index in [-0.39, 0.29) is 5.56 Å². The molecule has 1 heterocycles. The summed E-state index contributed by atoms with van der Waals surface area (Å²) < 4.78 is 4.74. The zero-order chi connectivity index (χ0) is 14.9. The number of ether oxygens (including phenoxy) is 1. The van der Waals surface area contributed by atoms with Crippen molar-refractivity contribution in [3.8, 4) is 0 Å². The Bertz CT molecular complexity index is 650. The molecule has 0 amide bonds. The van der Waals surface area contributed by atoms with Gasteiger partial charge in [-0.3, -0.25) is 0 Å². The quantitative estimate of drug-likeness (QED) is 0.670. The van der Waals surface area contributed by atoms with Crippen LogP contribution in [0.5, 0.6) is 0 Å². The van der Waals surface area contributed by atoms with Gasteiger partial charge >= 0.3 is 5.97 Å². The average molecular weight is 312 g/mol. The number of nitrogens with zero attached hydrogens (tertiary/aromatic N) is 1. The van der Waals surface area contributed by atoms with E-state index < -0.39 is 5.97 Å². The second-order valence-corrected chi connectivity index (χ2v) is 5.81. The topological polar surface area (TPSA) is 77.2 Å². The molecule has 106 valence electrons. The minimum Gasteiger partial charge on any atom is -0.465 e. The van der Waals surface area contributed by atoms with Crippen molar-refractivity contribution in [2.45, 2.75) is 13.8 Å². The van der Waals surface area contributed by atoms with Crippen molar-refractivity contribution in [3.63, 3.8) is 0 Å². The smallest absolute Gasteiger partial charge is 0.340 e. The molecule has 0 unspecified atom stereocenters. The molecule has 2 aromatic rings. The van der Waals surface area contributed by atoms with E-state index >= 15 is 0 Å². The number of rotatable bonds is 3. The molecule has 0 aliphatic heterocycles. The van der Waals surface area contributed by atoms with Crippen LogP contribution >= 0.6 is 22.9 Å². The lowest BCUT2D eigenvalue weighted by Gasteiger charge is -2.11. The van der Waals surface area contributed by atoms with Crippen LogP contribution in [-0.4, -0.2) is 18.1 Å². The first kappa shape index (κ1) is 14.6. The summed E-state index contributed by atoms with van der Waals surface area (Å²) in [6.45, 7) is 3.90.